The first-order valence-corrected chi connectivity index (χ1v) is 7.01. The summed E-state index contributed by atoms with van der Waals surface area (Å²) in [5.41, 5.74) is 8.19. The van der Waals surface area contributed by atoms with Gasteiger partial charge in [0.25, 0.3) is 0 Å². The van der Waals surface area contributed by atoms with Crippen molar-refractivity contribution in [2.45, 2.75) is 33.4 Å². The van der Waals surface area contributed by atoms with Gasteiger partial charge in [-0.2, -0.15) is 0 Å². The van der Waals surface area contributed by atoms with Gasteiger partial charge in [-0.1, -0.05) is 38.1 Å². The number of hydrogen-bond donors (Lipinski definition) is 2. The number of rotatable bonds is 9. The molecule has 0 aliphatic carbocycles. The highest BCUT2D eigenvalue weighted by atomic mass is 15.1. The zero-order chi connectivity index (χ0) is 13.2. The van der Waals surface area contributed by atoms with Crippen LogP contribution in [-0.4, -0.2) is 31.1 Å². The molecule has 1 aromatic rings. The quantitative estimate of drug-likeness (QED) is 0.657. The van der Waals surface area contributed by atoms with Gasteiger partial charge in [-0.25, -0.2) is 0 Å². The molecule has 0 amide bonds. The standard InChI is InChI=1S/C15H27N3/c1-3-18(4-2)13-15-8-6-14(7-9-15)12-17-11-5-10-16/h6-9,17H,3-5,10-13,16H2,1-2H3. The largest absolute Gasteiger partial charge is 0.330 e. The van der Waals surface area contributed by atoms with E-state index in [-0.39, 0.29) is 0 Å². The first kappa shape index (κ1) is 15.2. The van der Waals surface area contributed by atoms with E-state index in [9.17, 15) is 0 Å². The molecule has 0 spiro atoms. The second kappa shape index (κ2) is 9.09. The van der Waals surface area contributed by atoms with E-state index in [1.165, 1.54) is 11.1 Å². The Morgan fingerprint density at radius 2 is 1.67 bits per heavy atom. The van der Waals surface area contributed by atoms with Crippen molar-refractivity contribution >= 4 is 0 Å². The molecule has 3 N–H and O–H groups in total. The van der Waals surface area contributed by atoms with E-state index in [2.05, 4.69) is 48.3 Å². The molecule has 1 aromatic carbocycles. The van der Waals surface area contributed by atoms with Gasteiger partial charge in [0.2, 0.25) is 0 Å². The number of nitrogens with two attached hydrogens (primary N) is 1. The average Bonchev–Trinajstić information content (AvgIpc) is 2.42. The molecule has 1 rings (SSSR count). The van der Waals surface area contributed by atoms with Gasteiger partial charge in [-0.3, -0.25) is 4.90 Å². The van der Waals surface area contributed by atoms with E-state index >= 15 is 0 Å². The Morgan fingerprint density at radius 1 is 1.06 bits per heavy atom. The van der Waals surface area contributed by atoms with E-state index in [0.29, 0.717) is 0 Å². The van der Waals surface area contributed by atoms with Crippen molar-refractivity contribution in [1.82, 2.24) is 10.2 Å². The molecule has 18 heavy (non-hydrogen) atoms. The van der Waals surface area contributed by atoms with Crippen LogP contribution in [0.2, 0.25) is 0 Å². The number of hydrogen-bond acceptors (Lipinski definition) is 3. The number of benzene rings is 1. The molecule has 0 heterocycles. The summed E-state index contributed by atoms with van der Waals surface area (Å²) in [6.45, 7) is 10.4. The van der Waals surface area contributed by atoms with Crippen molar-refractivity contribution in [2.24, 2.45) is 5.73 Å². The Hall–Kier alpha value is -0.900. The van der Waals surface area contributed by atoms with Crippen molar-refractivity contribution in [1.29, 1.82) is 0 Å². The Bertz CT molecular complexity index is 304. The summed E-state index contributed by atoms with van der Waals surface area (Å²) in [7, 11) is 0. The van der Waals surface area contributed by atoms with Gasteiger partial charge in [0.15, 0.2) is 0 Å². The third kappa shape index (κ3) is 5.63. The molecule has 0 saturated heterocycles. The Kier molecular flexibility index (Phi) is 7.65. The fourth-order valence-corrected chi connectivity index (χ4v) is 1.93. The highest BCUT2D eigenvalue weighted by molar-refractivity contribution is 5.22. The summed E-state index contributed by atoms with van der Waals surface area (Å²) < 4.78 is 0. The lowest BCUT2D eigenvalue weighted by molar-refractivity contribution is 0.296. The zero-order valence-electron chi connectivity index (χ0n) is 11.8. The van der Waals surface area contributed by atoms with Gasteiger partial charge >= 0.3 is 0 Å². The van der Waals surface area contributed by atoms with Crippen LogP contribution in [-0.2, 0) is 13.1 Å². The van der Waals surface area contributed by atoms with Crippen LogP contribution in [0, 0.1) is 0 Å². The predicted octanol–water partition coefficient (Wildman–Crippen LogP) is 1.97. The van der Waals surface area contributed by atoms with Gasteiger partial charge < -0.3 is 11.1 Å². The molecule has 102 valence electrons. The SMILES string of the molecule is CCN(CC)Cc1ccc(CNCCCN)cc1. The van der Waals surface area contributed by atoms with Crippen LogP contribution in [0.25, 0.3) is 0 Å². The summed E-state index contributed by atoms with van der Waals surface area (Å²) in [5.74, 6) is 0. The minimum Gasteiger partial charge on any atom is -0.330 e. The number of nitrogens with one attached hydrogen (secondary N) is 1. The monoisotopic (exact) mass is 249 g/mol. The topological polar surface area (TPSA) is 41.3 Å². The first-order valence-electron chi connectivity index (χ1n) is 7.01. The fraction of sp³-hybridized carbons (Fsp3) is 0.600. The zero-order valence-corrected chi connectivity index (χ0v) is 11.8. The predicted molar refractivity (Wildman–Crippen MR) is 78.4 cm³/mol. The van der Waals surface area contributed by atoms with Crippen molar-refractivity contribution in [3.8, 4) is 0 Å². The van der Waals surface area contributed by atoms with Gasteiger partial charge in [0.1, 0.15) is 0 Å². The van der Waals surface area contributed by atoms with Crippen LogP contribution < -0.4 is 11.1 Å². The van der Waals surface area contributed by atoms with Crippen LogP contribution in [0.3, 0.4) is 0 Å². The van der Waals surface area contributed by atoms with Crippen molar-refractivity contribution in [3.63, 3.8) is 0 Å². The van der Waals surface area contributed by atoms with Crippen LogP contribution in [0.15, 0.2) is 24.3 Å². The summed E-state index contributed by atoms with van der Waals surface area (Å²) in [6, 6.07) is 8.90. The van der Waals surface area contributed by atoms with E-state index in [1.54, 1.807) is 0 Å². The molecule has 0 saturated carbocycles. The molecular formula is C15H27N3. The molecule has 0 aromatic heterocycles. The molecule has 0 atom stereocenters. The van der Waals surface area contributed by atoms with Gasteiger partial charge in [-0.15, -0.1) is 0 Å². The summed E-state index contributed by atoms with van der Waals surface area (Å²) in [4.78, 5) is 2.43. The maximum absolute atomic E-state index is 5.46. The highest BCUT2D eigenvalue weighted by Gasteiger charge is 2.00. The second-order valence-corrected chi connectivity index (χ2v) is 4.60. The smallest absolute Gasteiger partial charge is 0.0233 e. The van der Waals surface area contributed by atoms with Gasteiger partial charge in [0, 0.05) is 13.1 Å². The molecule has 3 heteroatoms. The van der Waals surface area contributed by atoms with E-state index in [1.807, 2.05) is 0 Å². The summed E-state index contributed by atoms with van der Waals surface area (Å²) >= 11 is 0. The lowest BCUT2D eigenvalue weighted by Crippen LogP contribution is -2.22. The van der Waals surface area contributed by atoms with E-state index < -0.39 is 0 Å². The van der Waals surface area contributed by atoms with Crippen LogP contribution >= 0.6 is 0 Å². The van der Waals surface area contributed by atoms with Crippen molar-refractivity contribution in [3.05, 3.63) is 35.4 Å². The number of nitrogens with zero attached hydrogens (tertiary/aromatic N) is 1. The Balaban J connectivity index is 2.37. The maximum atomic E-state index is 5.46. The third-order valence-electron chi connectivity index (χ3n) is 3.21. The molecule has 0 aliphatic heterocycles. The van der Waals surface area contributed by atoms with Crippen LogP contribution in [0.5, 0.6) is 0 Å². The van der Waals surface area contributed by atoms with E-state index in [4.69, 9.17) is 5.73 Å². The van der Waals surface area contributed by atoms with E-state index in [0.717, 1.165) is 45.7 Å². The minimum absolute atomic E-state index is 0.760. The normalized spacial score (nSPS) is 11.1. The third-order valence-corrected chi connectivity index (χ3v) is 3.21. The van der Waals surface area contributed by atoms with Gasteiger partial charge in [0.05, 0.1) is 0 Å². The molecule has 3 nitrogen and oxygen atoms in total. The Morgan fingerprint density at radius 3 is 2.22 bits per heavy atom. The summed E-state index contributed by atoms with van der Waals surface area (Å²) in [5, 5.41) is 3.39. The molecule has 0 radical (unpaired) electrons. The first-order chi connectivity index (χ1) is 8.80. The average molecular weight is 249 g/mol. The minimum atomic E-state index is 0.760. The molecule has 0 unspecified atom stereocenters. The molecule has 0 bridgehead atoms. The van der Waals surface area contributed by atoms with Gasteiger partial charge in [-0.05, 0) is 43.7 Å². The van der Waals surface area contributed by atoms with Crippen LogP contribution in [0.4, 0.5) is 0 Å². The molecule has 0 aliphatic rings. The molecule has 0 fully saturated rings. The fourth-order valence-electron chi connectivity index (χ4n) is 1.93. The second-order valence-electron chi connectivity index (χ2n) is 4.60. The van der Waals surface area contributed by atoms with Crippen LogP contribution in [0.1, 0.15) is 31.4 Å². The van der Waals surface area contributed by atoms with Crippen molar-refractivity contribution in [2.75, 3.05) is 26.2 Å². The summed E-state index contributed by atoms with van der Waals surface area (Å²) in [6.07, 6.45) is 1.04. The highest BCUT2D eigenvalue weighted by Crippen LogP contribution is 2.07. The lowest BCUT2D eigenvalue weighted by atomic mass is 10.1. The molecular weight excluding hydrogens is 222 g/mol. The van der Waals surface area contributed by atoms with Crippen molar-refractivity contribution < 1.29 is 0 Å². The lowest BCUT2D eigenvalue weighted by Gasteiger charge is -2.18. The maximum Gasteiger partial charge on any atom is 0.0233 e. The Labute approximate surface area is 111 Å².